The van der Waals surface area contributed by atoms with Gasteiger partial charge in [0.2, 0.25) is 0 Å². The maximum Gasteiger partial charge on any atom is 0.281 e. The zero-order chi connectivity index (χ0) is 18.6. The zero-order valence-electron chi connectivity index (χ0n) is 14.2. The molecule has 0 saturated carbocycles. The molecule has 1 aliphatic heterocycles. The minimum atomic E-state index is -0.229. The van der Waals surface area contributed by atoms with Gasteiger partial charge in [0.05, 0.1) is 22.2 Å². The van der Waals surface area contributed by atoms with Crippen molar-refractivity contribution < 1.29 is 9.53 Å². The lowest BCUT2D eigenvalue weighted by Crippen LogP contribution is -2.31. The Morgan fingerprint density at radius 2 is 2.00 bits per heavy atom. The lowest BCUT2D eigenvalue weighted by atomic mass is 10.1. The first kappa shape index (κ1) is 17.5. The Morgan fingerprint density at radius 3 is 2.74 bits per heavy atom. The Labute approximate surface area is 164 Å². The van der Waals surface area contributed by atoms with Crippen LogP contribution in [-0.2, 0) is 4.79 Å². The highest BCUT2D eigenvalue weighted by atomic mass is 32.1. The highest BCUT2D eigenvalue weighted by molar-refractivity contribution is 7.12. The number of para-hydroxylation sites is 1. The molecule has 1 amide bonds. The summed E-state index contributed by atoms with van der Waals surface area (Å²) in [5.74, 6) is 0.176. The maximum absolute atomic E-state index is 12.9. The van der Waals surface area contributed by atoms with E-state index in [0.29, 0.717) is 17.7 Å². The minimum absolute atomic E-state index is 0.121. The van der Waals surface area contributed by atoms with Gasteiger partial charge in [-0.15, -0.1) is 22.7 Å². The van der Waals surface area contributed by atoms with Crippen LogP contribution in [0.2, 0.25) is 0 Å². The number of nitrogens with zero attached hydrogens (tertiary/aromatic N) is 3. The Hall–Kier alpha value is -2.95. The van der Waals surface area contributed by atoms with Gasteiger partial charge in [-0.05, 0) is 35.0 Å². The van der Waals surface area contributed by atoms with Crippen molar-refractivity contribution in [2.75, 3.05) is 6.61 Å². The second-order valence-electron chi connectivity index (χ2n) is 5.89. The van der Waals surface area contributed by atoms with Crippen LogP contribution < -0.4 is 4.74 Å². The third kappa shape index (κ3) is 3.63. The molecule has 1 atom stereocenters. The molecular weight excluding hydrogens is 378 g/mol. The van der Waals surface area contributed by atoms with Crippen LogP contribution in [0.4, 0.5) is 0 Å². The number of hydrogen-bond acceptors (Lipinski definition) is 6. The number of hydrazone groups is 1. The first-order valence-electron chi connectivity index (χ1n) is 8.35. The van der Waals surface area contributed by atoms with Crippen LogP contribution in [0.3, 0.4) is 0 Å². The summed E-state index contributed by atoms with van der Waals surface area (Å²) in [6.45, 7) is -0.165. The van der Waals surface area contributed by atoms with Gasteiger partial charge in [-0.1, -0.05) is 24.3 Å². The maximum atomic E-state index is 12.9. The van der Waals surface area contributed by atoms with Crippen LogP contribution >= 0.6 is 22.7 Å². The third-order valence-corrected chi connectivity index (χ3v) is 6.09. The number of nitriles is 1. The molecule has 7 heteroatoms. The van der Waals surface area contributed by atoms with Crippen LogP contribution in [0.25, 0.3) is 0 Å². The lowest BCUT2D eigenvalue weighted by molar-refractivity contribution is -0.135. The molecule has 0 bridgehead atoms. The molecule has 4 rings (SSSR count). The van der Waals surface area contributed by atoms with Crippen molar-refractivity contribution >= 4 is 34.3 Å². The first-order valence-corrected chi connectivity index (χ1v) is 10.1. The number of ether oxygens (including phenoxy) is 1. The van der Waals surface area contributed by atoms with Crippen molar-refractivity contribution in [1.29, 1.82) is 5.26 Å². The molecule has 3 heterocycles. The summed E-state index contributed by atoms with van der Waals surface area (Å²) in [6, 6.07) is 16.8. The van der Waals surface area contributed by atoms with Gasteiger partial charge < -0.3 is 4.74 Å². The molecule has 27 heavy (non-hydrogen) atoms. The molecule has 5 nitrogen and oxygen atoms in total. The fourth-order valence-corrected chi connectivity index (χ4v) is 4.46. The molecule has 3 aromatic rings. The summed E-state index contributed by atoms with van der Waals surface area (Å²) in [4.78, 5) is 15.0. The van der Waals surface area contributed by atoms with Crippen LogP contribution in [-0.4, -0.2) is 23.2 Å². The molecule has 0 radical (unpaired) electrons. The Balaban J connectivity index is 1.55. The predicted molar refractivity (Wildman–Crippen MR) is 106 cm³/mol. The fourth-order valence-electron chi connectivity index (χ4n) is 2.92. The molecule has 0 fully saturated rings. The number of carbonyl (C=O) groups excluding carboxylic acids is 1. The average molecular weight is 393 g/mol. The Kier molecular flexibility index (Phi) is 5.01. The lowest BCUT2D eigenvalue weighted by Gasteiger charge is -2.20. The topological polar surface area (TPSA) is 65.7 Å². The van der Waals surface area contributed by atoms with Gasteiger partial charge in [-0.2, -0.15) is 10.4 Å². The van der Waals surface area contributed by atoms with Gasteiger partial charge in [-0.25, -0.2) is 5.01 Å². The first-order chi connectivity index (χ1) is 13.3. The molecule has 134 valence electrons. The molecule has 0 unspecified atom stereocenters. The monoisotopic (exact) mass is 393 g/mol. The SMILES string of the molecule is N#Cc1ccccc1OCC(=O)N1N=C(c2cccs2)C[C@H]1c1cccs1. The van der Waals surface area contributed by atoms with E-state index in [1.54, 1.807) is 46.9 Å². The summed E-state index contributed by atoms with van der Waals surface area (Å²) >= 11 is 3.23. The third-order valence-electron chi connectivity index (χ3n) is 4.20. The van der Waals surface area contributed by atoms with E-state index in [9.17, 15) is 4.79 Å². The molecule has 0 spiro atoms. The van der Waals surface area contributed by atoms with Gasteiger partial charge in [0.1, 0.15) is 11.8 Å². The summed E-state index contributed by atoms with van der Waals surface area (Å²) in [5, 5.41) is 19.3. The largest absolute Gasteiger partial charge is 0.482 e. The Bertz CT molecular complexity index is 1000. The summed E-state index contributed by atoms with van der Waals surface area (Å²) < 4.78 is 5.62. The van der Waals surface area contributed by atoms with Gasteiger partial charge in [0, 0.05) is 11.3 Å². The number of benzene rings is 1. The molecule has 0 aliphatic carbocycles. The highest BCUT2D eigenvalue weighted by Gasteiger charge is 2.34. The molecule has 0 saturated heterocycles. The van der Waals surface area contributed by atoms with Crippen molar-refractivity contribution in [3.05, 3.63) is 74.6 Å². The summed E-state index contributed by atoms with van der Waals surface area (Å²) in [6.07, 6.45) is 0.682. The van der Waals surface area contributed by atoms with Gasteiger partial charge in [0.25, 0.3) is 5.91 Å². The minimum Gasteiger partial charge on any atom is -0.482 e. The van der Waals surface area contributed by atoms with E-state index in [0.717, 1.165) is 15.5 Å². The standard InChI is InChI=1S/C20H15N3O2S2/c21-12-14-5-1-2-6-17(14)25-13-20(24)23-16(19-8-4-10-27-19)11-15(22-23)18-7-3-9-26-18/h1-10,16H,11,13H2/t16-/m0/s1. The second-order valence-corrected chi connectivity index (χ2v) is 7.82. The van der Waals surface area contributed by atoms with E-state index in [1.165, 1.54) is 5.01 Å². The molecule has 1 aliphatic rings. The van der Waals surface area contributed by atoms with Crippen LogP contribution in [0, 0.1) is 11.3 Å². The van der Waals surface area contributed by atoms with E-state index in [1.807, 2.05) is 35.0 Å². The molecule has 2 aromatic heterocycles. The number of thiophene rings is 2. The highest BCUT2D eigenvalue weighted by Crippen LogP contribution is 2.36. The van der Waals surface area contributed by atoms with Gasteiger partial charge in [0.15, 0.2) is 6.61 Å². The van der Waals surface area contributed by atoms with Crippen LogP contribution in [0.15, 0.2) is 64.4 Å². The average Bonchev–Trinajstić information content (AvgIpc) is 3.46. The molecule has 1 aromatic carbocycles. The molecule has 0 N–H and O–H groups in total. The summed E-state index contributed by atoms with van der Waals surface area (Å²) in [5.41, 5.74) is 1.32. The molecular formula is C20H15N3O2S2. The van der Waals surface area contributed by atoms with Crippen LogP contribution in [0.1, 0.15) is 27.8 Å². The normalized spacial score (nSPS) is 16.0. The predicted octanol–water partition coefficient (Wildman–Crippen LogP) is 4.44. The van der Waals surface area contributed by atoms with Gasteiger partial charge in [-0.3, -0.25) is 4.79 Å². The van der Waals surface area contributed by atoms with Crippen LogP contribution in [0.5, 0.6) is 5.75 Å². The number of rotatable bonds is 5. The van der Waals surface area contributed by atoms with E-state index in [2.05, 4.69) is 11.2 Å². The zero-order valence-corrected chi connectivity index (χ0v) is 15.9. The van der Waals surface area contributed by atoms with Crippen molar-refractivity contribution in [2.24, 2.45) is 5.10 Å². The number of carbonyl (C=O) groups is 1. The Morgan fingerprint density at radius 1 is 1.19 bits per heavy atom. The quantitative estimate of drug-likeness (QED) is 0.644. The van der Waals surface area contributed by atoms with E-state index >= 15 is 0 Å². The van der Waals surface area contributed by atoms with Gasteiger partial charge >= 0.3 is 0 Å². The second kappa shape index (κ2) is 7.74. The van der Waals surface area contributed by atoms with Crippen molar-refractivity contribution in [3.8, 4) is 11.8 Å². The number of amides is 1. The van der Waals surface area contributed by atoms with Crippen molar-refractivity contribution in [3.63, 3.8) is 0 Å². The fraction of sp³-hybridized carbons (Fsp3) is 0.150. The summed E-state index contributed by atoms with van der Waals surface area (Å²) in [7, 11) is 0. The number of hydrogen-bond donors (Lipinski definition) is 0. The van der Waals surface area contributed by atoms with E-state index in [4.69, 9.17) is 10.00 Å². The van der Waals surface area contributed by atoms with Crippen molar-refractivity contribution in [1.82, 2.24) is 5.01 Å². The van der Waals surface area contributed by atoms with E-state index in [-0.39, 0.29) is 18.6 Å². The van der Waals surface area contributed by atoms with E-state index < -0.39 is 0 Å². The smallest absolute Gasteiger partial charge is 0.281 e. The van der Waals surface area contributed by atoms with Crippen molar-refractivity contribution in [2.45, 2.75) is 12.5 Å².